The molecule has 2 atom stereocenters. The Labute approximate surface area is 125 Å². The molecule has 3 aliphatic heterocycles. The molecule has 4 heterocycles. The Morgan fingerprint density at radius 3 is 2.57 bits per heavy atom. The lowest BCUT2D eigenvalue weighted by Crippen LogP contribution is -2.68. The van der Waals surface area contributed by atoms with Crippen molar-refractivity contribution in [2.24, 2.45) is 0 Å². The summed E-state index contributed by atoms with van der Waals surface area (Å²) < 4.78 is 0. The van der Waals surface area contributed by atoms with E-state index in [0.29, 0.717) is 12.1 Å². The van der Waals surface area contributed by atoms with E-state index >= 15 is 0 Å². The van der Waals surface area contributed by atoms with Gasteiger partial charge in [0.2, 0.25) is 5.95 Å². The zero-order valence-electron chi connectivity index (χ0n) is 12.3. The van der Waals surface area contributed by atoms with Gasteiger partial charge in [-0.1, -0.05) is 30.3 Å². The average molecular weight is 280 g/mol. The molecule has 0 saturated carbocycles. The summed E-state index contributed by atoms with van der Waals surface area (Å²) in [6, 6.07) is 14.0. The predicted molar refractivity (Wildman–Crippen MR) is 83.2 cm³/mol. The van der Waals surface area contributed by atoms with Crippen LogP contribution in [0.2, 0.25) is 0 Å². The zero-order valence-corrected chi connectivity index (χ0v) is 12.3. The van der Waals surface area contributed by atoms with Gasteiger partial charge in [-0.15, -0.1) is 0 Å². The number of piperidine rings is 1. The first-order valence-corrected chi connectivity index (χ1v) is 7.64. The lowest BCUT2D eigenvalue weighted by molar-refractivity contribution is -0.00896. The standard InChI is InChI=1S/C17H20N4/c1-13-7-8-18-17(19-13)20-11-15-9-16(12-20)21(15)10-14-5-3-2-4-6-14/h2-8,15-16H,9-12H2,1H3. The first kappa shape index (κ1) is 12.8. The van der Waals surface area contributed by atoms with E-state index in [2.05, 4.69) is 50.1 Å². The highest BCUT2D eigenvalue weighted by atomic mass is 15.4. The monoisotopic (exact) mass is 280 g/mol. The van der Waals surface area contributed by atoms with E-state index in [1.165, 1.54) is 12.0 Å². The van der Waals surface area contributed by atoms with Crippen molar-refractivity contribution in [2.75, 3.05) is 18.0 Å². The van der Waals surface area contributed by atoms with Crippen molar-refractivity contribution in [1.82, 2.24) is 14.9 Å². The van der Waals surface area contributed by atoms with Crippen molar-refractivity contribution in [2.45, 2.75) is 32.0 Å². The van der Waals surface area contributed by atoms with Crippen LogP contribution in [0.15, 0.2) is 42.6 Å². The number of piperazine rings is 1. The zero-order chi connectivity index (χ0) is 14.2. The normalized spacial score (nSPS) is 24.7. The number of aryl methyl sites for hydroxylation is 1. The van der Waals surface area contributed by atoms with Gasteiger partial charge in [-0.05, 0) is 25.0 Å². The van der Waals surface area contributed by atoms with Crippen LogP contribution in [0.25, 0.3) is 0 Å². The smallest absolute Gasteiger partial charge is 0.225 e. The summed E-state index contributed by atoms with van der Waals surface area (Å²) in [6.07, 6.45) is 3.18. The maximum atomic E-state index is 4.56. The van der Waals surface area contributed by atoms with E-state index in [0.717, 1.165) is 31.3 Å². The summed E-state index contributed by atoms with van der Waals surface area (Å²) in [6.45, 7) is 5.19. The summed E-state index contributed by atoms with van der Waals surface area (Å²) in [5.74, 6) is 0.893. The van der Waals surface area contributed by atoms with Gasteiger partial charge in [-0.3, -0.25) is 4.90 Å². The van der Waals surface area contributed by atoms with Gasteiger partial charge in [0.05, 0.1) is 0 Å². The van der Waals surface area contributed by atoms with E-state index in [1.54, 1.807) is 0 Å². The Bertz CT molecular complexity index is 616. The number of fused-ring (bicyclic) bond motifs is 2. The van der Waals surface area contributed by atoms with Gasteiger partial charge in [0.25, 0.3) is 0 Å². The van der Waals surface area contributed by atoms with Crippen molar-refractivity contribution in [1.29, 1.82) is 0 Å². The highest BCUT2D eigenvalue weighted by Gasteiger charge is 2.44. The lowest BCUT2D eigenvalue weighted by Gasteiger charge is -2.56. The highest BCUT2D eigenvalue weighted by Crippen LogP contribution is 2.34. The number of rotatable bonds is 3. The molecule has 2 unspecified atom stereocenters. The molecule has 0 aliphatic carbocycles. The second kappa shape index (κ2) is 5.11. The molecule has 2 bridgehead atoms. The fraction of sp³-hybridized carbons (Fsp3) is 0.412. The molecular formula is C17H20N4. The van der Waals surface area contributed by atoms with Crippen LogP contribution in [-0.2, 0) is 6.54 Å². The van der Waals surface area contributed by atoms with Gasteiger partial charge in [-0.2, -0.15) is 0 Å². The fourth-order valence-corrected chi connectivity index (χ4v) is 3.49. The summed E-state index contributed by atoms with van der Waals surface area (Å²) in [4.78, 5) is 13.9. The van der Waals surface area contributed by atoms with Crippen molar-refractivity contribution in [3.8, 4) is 0 Å². The van der Waals surface area contributed by atoms with Crippen LogP contribution in [0, 0.1) is 6.92 Å². The van der Waals surface area contributed by atoms with Crippen LogP contribution in [0.4, 0.5) is 5.95 Å². The molecule has 0 spiro atoms. The van der Waals surface area contributed by atoms with Gasteiger partial charge < -0.3 is 4.90 Å². The molecule has 2 aromatic rings. The Morgan fingerprint density at radius 2 is 1.86 bits per heavy atom. The van der Waals surface area contributed by atoms with Crippen molar-refractivity contribution < 1.29 is 0 Å². The summed E-state index contributed by atoms with van der Waals surface area (Å²) >= 11 is 0. The van der Waals surface area contributed by atoms with Crippen LogP contribution < -0.4 is 4.90 Å². The number of hydrogen-bond donors (Lipinski definition) is 0. The van der Waals surface area contributed by atoms with Gasteiger partial charge in [0.15, 0.2) is 0 Å². The third-order valence-electron chi connectivity index (χ3n) is 4.62. The minimum atomic E-state index is 0.646. The van der Waals surface area contributed by atoms with Gasteiger partial charge in [0.1, 0.15) is 0 Å². The predicted octanol–water partition coefficient (Wildman–Crippen LogP) is 2.25. The number of anilines is 1. The molecule has 1 aromatic carbocycles. The summed E-state index contributed by atoms with van der Waals surface area (Å²) in [5, 5.41) is 0. The van der Waals surface area contributed by atoms with Gasteiger partial charge >= 0.3 is 0 Å². The number of aromatic nitrogens is 2. The SMILES string of the molecule is Cc1ccnc(N2CC3CC(C2)N3Cc2ccccc2)n1. The quantitative estimate of drug-likeness (QED) is 0.863. The lowest BCUT2D eigenvalue weighted by atomic mass is 9.87. The maximum absolute atomic E-state index is 4.56. The minimum Gasteiger partial charge on any atom is -0.338 e. The topological polar surface area (TPSA) is 32.3 Å². The first-order chi connectivity index (χ1) is 10.3. The molecule has 3 aliphatic rings. The first-order valence-electron chi connectivity index (χ1n) is 7.64. The second-order valence-electron chi connectivity index (χ2n) is 6.10. The molecule has 0 amide bonds. The van der Waals surface area contributed by atoms with Crippen LogP contribution in [-0.4, -0.2) is 40.0 Å². The minimum absolute atomic E-state index is 0.646. The van der Waals surface area contributed by atoms with Gasteiger partial charge in [-0.25, -0.2) is 9.97 Å². The molecule has 108 valence electrons. The summed E-state index contributed by atoms with van der Waals surface area (Å²) in [7, 11) is 0. The molecule has 4 nitrogen and oxygen atoms in total. The van der Waals surface area contributed by atoms with E-state index in [9.17, 15) is 0 Å². The highest BCUT2D eigenvalue weighted by molar-refractivity contribution is 5.34. The van der Waals surface area contributed by atoms with Crippen LogP contribution >= 0.6 is 0 Å². The van der Waals surface area contributed by atoms with E-state index in [1.807, 2.05) is 19.2 Å². The molecule has 0 radical (unpaired) electrons. The number of nitrogens with zero attached hydrogens (tertiary/aromatic N) is 4. The Hall–Kier alpha value is -1.94. The van der Waals surface area contributed by atoms with E-state index in [-0.39, 0.29) is 0 Å². The third-order valence-corrected chi connectivity index (χ3v) is 4.62. The second-order valence-corrected chi connectivity index (χ2v) is 6.10. The van der Waals surface area contributed by atoms with E-state index < -0.39 is 0 Å². The largest absolute Gasteiger partial charge is 0.338 e. The molecule has 0 N–H and O–H groups in total. The third kappa shape index (κ3) is 2.40. The summed E-state index contributed by atoms with van der Waals surface area (Å²) in [5.41, 5.74) is 2.45. The fourth-order valence-electron chi connectivity index (χ4n) is 3.49. The van der Waals surface area contributed by atoms with E-state index in [4.69, 9.17) is 0 Å². The van der Waals surface area contributed by atoms with Gasteiger partial charge in [0, 0.05) is 43.6 Å². The number of benzene rings is 1. The molecule has 21 heavy (non-hydrogen) atoms. The maximum Gasteiger partial charge on any atom is 0.225 e. The molecular weight excluding hydrogens is 260 g/mol. The van der Waals surface area contributed by atoms with Crippen LogP contribution in [0.5, 0.6) is 0 Å². The molecule has 4 heteroatoms. The Morgan fingerprint density at radius 1 is 1.10 bits per heavy atom. The van der Waals surface area contributed by atoms with Crippen molar-refractivity contribution >= 4 is 5.95 Å². The average Bonchev–Trinajstić information content (AvgIpc) is 2.54. The van der Waals surface area contributed by atoms with Crippen molar-refractivity contribution in [3.05, 3.63) is 53.9 Å². The van der Waals surface area contributed by atoms with Crippen LogP contribution in [0.1, 0.15) is 17.7 Å². The molecule has 3 fully saturated rings. The molecule has 1 aromatic heterocycles. The molecule has 3 saturated heterocycles. The molecule has 5 rings (SSSR count). The Balaban J connectivity index is 1.44. The number of hydrogen-bond acceptors (Lipinski definition) is 4. The van der Waals surface area contributed by atoms with Crippen molar-refractivity contribution in [3.63, 3.8) is 0 Å². The Kier molecular flexibility index (Phi) is 3.11. The van der Waals surface area contributed by atoms with Crippen LogP contribution in [0.3, 0.4) is 0 Å².